The van der Waals surface area contributed by atoms with Crippen molar-refractivity contribution in [3.8, 4) is 0 Å². The first kappa shape index (κ1) is 13.3. The van der Waals surface area contributed by atoms with Gasteiger partial charge in [-0.1, -0.05) is 0 Å². The lowest BCUT2D eigenvalue weighted by Crippen LogP contribution is -2.40. The quantitative estimate of drug-likeness (QED) is 0.824. The third-order valence-electron chi connectivity index (χ3n) is 3.81. The fourth-order valence-electron chi connectivity index (χ4n) is 2.79. The molecule has 2 heterocycles. The minimum absolute atomic E-state index is 0.0333. The Bertz CT molecular complexity index is 312. The monoisotopic (exact) mass is 255 g/mol. The van der Waals surface area contributed by atoms with Crippen LogP contribution in [0.25, 0.3) is 0 Å². The molecule has 18 heavy (non-hydrogen) atoms. The maximum absolute atomic E-state index is 12.0. The molecule has 2 saturated heterocycles. The van der Waals surface area contributed by atoms with Gasteiger partial charge >= 0.3 is 5.97 Å². The van der Waals surface area contributed by atoms with Crippen molar-refractivity contribution in [2.45, 2.75) is 57.1 Å². The highest BCUT2D eigenvalue weighted by atomic mass is 16.5. The highest BCUT2D eigenvalue weighted by molar-refractivity contribution is 5.84. The highest BCUT2D eigenvalue weighted by Crippen LogP contribution is 2.21. The molecule has 0 aromatic carbocycles. The predicted molar refractivity (Wildman–Crippen MR) is 65.2 cm³/mol. The zero-order valence-electron chi connectivity index (χ0n) is 10.6. The molecule has 0 aromatic heterocycles. The van der Waals surface area contributed by atoms with Crippen LogP contribution in [0.15, 0.2) is 0 Å². The van der Waals surface area contributed by atoms with Crippen LogP contribution >= 0.6 is 0 Å². The Balaban J connectivity index is 1.78. The summed E-state index contributed by atoms with van der Waals surface area (Å²) in [5.41, 5.74) is 0. The van der Waals surface area contributed by atoms with Crippen LogP contribution < -0.4 is 0 Å². The maximum atomic E-state index is 12.0. The average molecular weight is 255 g/mol. The molecule has 0 aliphatic carbocycles. The van der Waals surface area contributed by atoms with Gasteiger partial charge in [0.15, 0.2) is 0 Å². The fourth-order valence-corrected chi connectivity index (χ4v) is 2.79. The van der Waals surface area contributed by atoms with Crippen molar-refractivity contribution in [1.82, 2.24) is 4.90 Å². The van der Waals surface area contributed by atoms with E-state index in [-0.39, 0.29) is 12.0 Å². The summed E-state index contributed by atoms with van der Waals surface area (Å²) in [5, 5.41) is 9.03. The smallest absolute Gasteiger partial charge is 0.326 e. The van der Waals surface area contributed by atoms with Gasteiger partial charge in [-0.05, 0) is 38.5 Å². The van der Waals surface area contributed by atoms with Crippen molar-refractivity contribution in [3.63, 3.8) is 0 Å². The molecule has 0 spiro atoms. The van der Waals surface area contributed by atoms with Gasteiger partial charge in [-0.15, -0.1) is 0 Å². The number of aliphatic carboxylic acids is 1. The van der Waals surface area contributed by atoms with Gasteiger partial charge in [-0.3, -0.25) is 4.79 Å². The number of rotatable bonds is 4. The van der Waals surface area contributed by atoms with Crippen molar-refractivity contribution < 1.29 is 19.4 Å². The van der Waals surface area contributed by atoms with Gasteiger partial charge in [0.1, 0.15) is 6.04 Å². The first-order chi connectivity index (χ1) is 8.68. The molecule has 0 aromatic rings. The molecule has 0 saturated carbocycles. The normalized spacial score (nSPS) is 28.3. The molecule has 2 unspecified atom stereocenters. The Morgan fingerprint density at radius 2 is 2.06 bits per heavy atom. The van der Waals surface area contributed by atoms with Crippen LogP contribution in [0, 0.1) is 0 Å². The molecule has 5 heteroatoms. The predicted octanol–water partition coefficient (Wildman–Crippen LogP) is 1.41. The molecule has 5 nitrogen and oxygen atoms in total. The van der Waals surface area contributed by atoms with Crippen LogP contribution in [0.2, 0.25) is 0 Å². The molecule has 2 atom stereocenters. The fraction of sp³-hybridized carbons (Fsp3) is 0.846. The van der Waals surface area contributed by atoms with Crippen molar-refractivity contribution >= 4 is 11.9 Å². The van der Waals surface area contributed by atoms with E-state index in [2.05, 4.69) is 0 Å². The number of ether oxygens (including phenoxy) is 1. The average Bonchev–Trinajstić information content (AvgIpc) is 2.86. The number of carbonyl (C=O) groups excluding carboxylic acids is 1. The number of hydrogen-bond acceptors (Lipinski definition) is 3. The summed E-state index contributed by atoms with van der Waals surface area (Å²) in [6, 6.07) is -0.607. The zero-order valence-corrected chi connectivity index (χ0v) is 10.6. The molecule has 2 fully saturated rings. The van der Waals surface area contributed by atoms with Crippen LogP contribution in [0.4, 0.5) is 0 Å². The third kappa shape index (κ3) is 3.22. The lowest BCUT2D eigenvalue weighted by atomic mass is 10.0. The Morgan fingerprint density at radius 3 is 2.72 bits per heavy atom. The summed E-state index contributed by atoms with van der Waals surface area (Å²) in [5.74, 6) is -0.913. The Labute approximate surface area is 107 Å². The second-order valence-electron chi connectivity index (χ2n) is 5.11. The van der Waals surface area contributed by atoms with Crippen LogP contribution in [0.1, 0.15) is 44.9 Å². The number of likely N-dealkylation sites (tertiary alicyclic amines) is 1. The number of carboxylic acid groups (broad SMARTS) is 1. The highest BCUT2D eigenvalue weighted by Gasteiger charge is 2.33. The number of carboxylic acids is 1. The minimum atomic E-state index is -0.880. The number of hydrogen-bond donors (Lipinski definition) is 1. The molecule has 1 N–H and O–H groups in total. The van der Waals surface area contributed by atoms with Gasteiger partial charge in [-0.25, -0.2) is 4.79 Å². The summed E-state index contributed by atoms with van der Waals surface area (Å²) in [6.07, 6.45) is 6.00. The van der Waals surface area contributed by atoms with E-state index in [1.165, 1.54) is 11.3 Å². The van der Waals surface area contributed by atoms with Crippen molar-refractivity contribution in [2.24, 2.45) is 0 Å². The second-order valence-corrected chi connectivity index (χ2v) is 5.11. The van der Waals surface area contributed by atoms with Crippen LogP contribution in [0.3, 0.4) is 0 Å². The molecular weight excluding hydrogens is 234 g/mol. The van der Waals surface area contributed by atoms with E-state index in [1.807, 2.05) is 0 Å². The largest absolute Gasteiger partial charge is 0.480 e. The van der Waals surface area contributed by atoms with Gasteiger partial charge in [0.2, 0.25) is 5.91 Å². The van der Waals surface area contributed by atoms with Gasteiger partial charge in [-0.2, -0.15) is 0 Å². The molecule has 0 bridgehead atoms. The topological polar surface area (TPSA) is 66.8 Å². The summed E-state index contributed by atoms with van der Waals surface area (Å²) in [7, 11) is 0. The van der Waals surface area contributed by atoms with Crippen molar-refractivity contribution in [3.05, 3.63) is 0 Å². The molecular formula is C13H21NO4. The van der Waals surface area contributed by atoms with E-state index < -0.39 is 12.0 Å². The summed E-state index contributed by atoms with van der Waals surface area (Å²) >= 11 is 0. The van der Waals surface area contributed by atoms with Crippen LogP contribution in [-0.2, 0) is 14.3 Å². The van der Waals surface area contributed by atoms with Crippen molar-refractivity contribution in [1.29, 1.82) is 0 Å². The van der Waals surface area contributed by atoms with E-state index >= 15 is 0 Å². The first-order valence-corrected chi connectivity index (χ1v) is 6.82. The van der Waals surface area contributed by atoms with Crippen LogP contribution in [0.5, 0.6) is 0 Å². The zero-order chi connectivity index (χ0) is 13.0. The Kier molecular flexibility index (Phi) is 4.58. The van der Waals surface area contributed by atoms with E-state index in [9.17, 15) is 9.59 Å². The van der Waals surface area contributed by atoms with Gasteiger partial charge in [0.25, 0.3) is 0 Å². The lowest BCUT2D eigenvalue weighted by molar-refractivity contribution is -0.148. The van der Waals surface area contributed by atoms with E-state index in [1.54, 1.807) is 0 Å². The summed E-state index contributed by atoms with van der Waals surface area (Å²) in [6.45, 7) is 1.38. The summed E-state index contributed by atoms with van der Waals surface area (Å²) in [4.78, 5) is 24.5. The van der Waals surface area contributed by atoms with Gasteiger partial charge in [0.05, 0.1) is 6.10 Å². The molecule has 2 aliphatic heterocycles. The molecule has 2 rings (SSSR count). The molecule has 0 radical (unpaired) electrons. The molecule has 2 aliphatic rings. The Morgan fingerprint density at radius 1 is 1.22 bits per heavy atom. The maximum Gasteiger partial charge on any atom is 0.326 e. The van der Waals surface area contributed by atoms with Gasteiger partial charge in [0, 0.05) is 19.6 Å². The second kappa shape index (κ2) is 6.18. The van der Waals surface area contributed by atoms with Crippen LogP contribution in [-0.4, -0.2) is 47.2 Å². The third-order valence-corrected chi connectivity index (χ3v) is 3.81. The standard InChI is InChI=1S/C13H21NO4/c15-12(7-6-10-4-1-2-9-18-10)14-8-3-5-11(14)13(16)17/h10-11H,1-9H2,(H,16,17). The number of amides is 1. The SMILES string of the molecule is O=C(O)C1CCCN1C(=O)CCC1CCCCO1. The number of carbonyl (C=O) groups is 2. The Hall–Kier alpha value is -1.10. The lowest BCUT2D eigenvalue weighted by Gasteiger charge is -2.25. The van der Waals surface area contributed by atoms with Gasteiger partial charge < -0.3 is 14.7 Å². The summed E-state index contributed by atoms with van der Waals surface area (Å²) < 4.78 is 5.58. The molecule has 1 amide bonds. The first-order valence-electron chi connectivity index (χ1n) is 6.82. The van der Waals surface area contributed by atoms with E-state index in [0.717, 1.165) is 32.3 Å². The molecule has 102 valence electrons. The van der Waals surface area contributed by atoms with Crippen molar-refractivity contribution in [2.75, 3.05) is 13.2 Å². The van der Waals surface area contributed by atoms with E-state index in [0.29, 0.717) is 19.4 Å². The number of nitrogens with zero attached hydrogens (tertiary/aromatic N) is 1. The van der Waals surface area contributed by atoms with E-state index in [4.69, 9.17) is 9.84 Å². The minimum Gasteiger partial charge on any atom is -0.480 e.